The standard InChI is InChI=1S/C23H21Cl3N4O3S/c1-3-27-11-13-5-4-6-16(21(13)34-26)22(31)30-20-17(9-15(25)10-18(20)33-2)23(32)29-19-8-7-14(24)12-28-19/h4-10,12,27H,3,11H2,1-2H3,(H,30,31)(H,28,29,32). The molecule has 0 aliphatic rings. The number of nitrogens with zero attached hydrogens (tertiary/aromatic N) is 1. The smallest absolute Gasteiger partial charge is 0.259 e. The molecule has 0 unspecified atom stereocenters. The van der Waals surface area contributed by atoms with Gasteiger partial charge >= 0.3 is 0 Å². The third-order valence-electron chi connectivity index (χ3n) is 4.72. The Bertz CT molecular complexity index is 1190. The first-order valence-electron chi connectivity index (χ1n) is 10.1. The molecule has 0 fully saturated rings. The average molecular weight is 540 g/mol. The molecule has 0 bridgehead atoms. The molecule has 2 aromatic carbocycles. The van der Waals surface area contributed by atoms with Gasteiger partial charge in [0.2, 0.25) is 0 Å². The van der Waals surface area contributed by atoms with Gasteiger partial charge in [-0.3, -0.25) is 9.59 Å². The van der Waals surface area contributed by atoms with E-state index in [0.29, 0.717) is 22.0 Å². The lowest BCUT2D eigenvalue weighted by atomic mass is 10.1. The third-order valence-corrected chi connectivity index (χ3v) is 6.26. The number of amides is 2. The third kappa shape index (κ3) is 6.34. The average Bonchev–Trinajstić information content (AvgIpc) is 2.84. The van der Waals surface area contributed by atoms with E-state index in [9.17, 15) is 9.59 Å². The van der Waals surface area contributed by atoms with E-state index < -0.39 is 11.8 Å². The number of ether oxygens (including phenoxy) is 1. The summed E-state index contributed by atoms with van der Waals surface area (Å²) >= 11 is 12.1. The largest absolute Gasteiger partial charge is 0.494 e. The fourth-order valence-corrected chi connectivity index (χ4v) is 4.47. The zero-order valence-electron chi connectivity index (χ0n) is 18.2. The minimum Gasteiger partial charge on any atom is -0.494 e. The summed E-state index contributed by atoms with van der Waals surface area (Å²) in [5, 5.41) is 9.37. The van der Waals surface area contributed by atoms with Gasteiger partial charge in [-0.1, -0.05) is 42.3 Å². The highest BCUT2D eigenvalue weighted by atomic mass is 35.7. The van der Waals surface area contributed by atoms with Crippen molar-refractivity contribution in [3.63, 3.8) is 0 Å². The van der Waals surface area contributed by atoms with E-state index in [2.05, 4.69) is 20.9 Å². The van der Waals surface area contributed by atoms with Crippen LogP contribution in [0.5, 0.6) is 5.75 Å². The fourth-order valence-electron chi connectivity index (χ4n) is 3.12. The van der Waals surface area contributed by atoms with Crippen molar-refractivity contribution in [2.24, 2.45) is 0 Å². The number of carbonyl (C=O) groups is 2. The van der Waals surface area contributed by atoms with E-state index in [-0.39, 0.29) is 27.8 Å². The summed E-state index contributed by atoms with van der Waals surface area (Å²) in [6.45, 7) is 3.31. The summed E-state index contributed by atoms with van der Waals surface area (Å²) in [6, 6.07) is 11.4. The molecule has 2 amide bonds. The van der Waals surface area contributed by atoms with Crippen molar-refractivity contribution < 1.29 is 14.3 Å². The van der Waals surface area contributed by atoms with Crippen LogP contribution in [0.2, 0.25) is 10.0 Å². The number of anilines is 2. The van der Waals surface area contributed by atoms with Gasteiger partial charge < -0.3 is 20.7 Å². The van der Waals surface area contributed by atoms with Crippen LogP contribution in [0, 0.1) is 0 Å². The predicted molar refractivity (Wildman–Crippen MR) is 139 cm³/mol. The highest BCUT2D eigenvalue weighted by molar-refractivity contribution is 8.21. The first-order chi connectivity index (χ1) is 16.4. The van der Waals surface area contributed by atoms with Crippen molar-refractivity contribution in [1.82, 2.24) is 10.3 Å². The molecule has 0 radical (unpaired) electrons. The monoisotopic (exact) mass is 538 g/mol. The maximum Gasteiger partial charge on any atom is 0.259 e. The highest BCUT2D eigenvalue weighted by Gasteiger charge is 2.22. The molecule has 3 aromatic rings. The maximum absolute atomic E-state index is 13.3. The first kappa shape index (κ1) is 26.1. The number of pyridine rings is 1. The Balaban J connectivity index is 1.97. The molecular weight excluding hydrogens is 519 g/mol. The molecular formula is C23H21Cl3N4O3S. The van der Waals surface area contributed by atoms with E-state index in [0.717, 1.165) is 23.1 Å². The van der Waals surface area contributed by atoms with Crippen LogP contribution in [0.4, 0.5) is 11.5 Å². The highest BCUT2D eigenvalue weighted by Crippen LogP contribution is 2.35. The summed E-state index contributed by atoms with van der Waals surface area (Å²) in [5.74, 6) is -0.499. The van der Waals surface area contributed by atoms with Crippen LogP contribution in [-0.4, -0.2) is 30.5 Å². The first-order valence-corrected chi connectivity index (χ1v) is 12.5. The topological polar surface area (TPSA) is 92.4 Å². The van der Waals surface area contributed by atoms with Crippen LogP contribution < -0.4 is 20.7 Å². The molecule has 0 saturated carbocycles. The van der Waals surface area contributed by atoms with Crippen molar-refractivity contribution in [1.29, 1.82) is 0 Å². The molecule has 3 N–H and O–H groups in total. The van der Waals surface area contributed by atoms with Crippen LogP contribution in [0.25, 0.3) is 0 Å². The van der Waals surface area contributed by atoms with Gasteiger partial charge in [0.15, 0.2) is 0 Å². The summed E-state index contributed by atoms with van der Waals surface area (Å²) < 4.78 is 5.40. The Morgan fingerprint density at radius 3 is 2.44 bits per heavy atom. The van der Waals surface area contributed by atoms with Gasteiger partial charge in [0.05, 0.1) is 28.9 Å². The number of rotatable bonds is 9. The lowest BCUT2D eigenvalue weighted by Crippen LogP contribution is -2.20. The number of hydrogen-bond acceptors (Lipinski definition) is 6. The van der Waals surface area contributed by atoms with Gasteiger partial charge in [-0.05, 0) is 58.0 Å². The summed E-state index contributed by atoms with van der Waals surface area (Å²) in [7, 11) is 8.49. The molecule has 178 valence electrons. The van der Waals surface area contributed by atoms with Crippen LogP contribution in [0.1, 0.15) is 33.2 Å². The van der Waals surface area contributed by atoms with Crippen LogP contribution >= 0.6 is 44.9 Å². The van der Waals surface area contributed by atoms with Crippen molar-refractivity contribution in [2.75, 3.05) is 24.3 Å². The van der Waals surface area contributed by atoms with Gasteiger partial charge in [-0.15, -0.1) is 0 Å². The predicted octanol–water partition coefficient (Wildman–Crippen LogP) is 6.26. The molecule has 0 aliphatic heterocycles. The van der Waals surface area contributed by atoms with Gasteiger partial charge in [0, 0.05) is 28.7 Å². The molecule has 3 rings (SSSR count). The summed E-state index contributed by atoms with van der Waals surface area (Å²) in [6.07, 6.45) is 1.41. The van der Waals surface area contributed by atoms with Crippen LogP contribution in [0.15, 0.2) is 53.6 Å². The minimum atomic E-state index is -0.543. The molecule has 7 nitrogen and oxygen atoms in total. The number of halogens is 3. The second kappa shape index (κ2) is 12.3. The van der Waals surface area contributed by atoms with Gasteiger partial charge in [-0.25, -0.2) is 4.98 Å². The normalized spacial score (nSPS) is 10.6. The van der Waals surface area contributed by atoms with E-state index in [1.54, 1.807) is 24.3 Å². The number of carbonyl (C=O) groups excluding carboxylic acids is 2. The van der Waals surface area contributed by atoms with E-state index >= 15 is 0 Å². The minimum absolute atomic E-state index is 0.0957. The second-order valence-electron chi connectivity index (χ2n) is 6.95. The molecule has 0 atom stereocenters. The van der Waals surface area contributed by atoms with Gasteiger partial charge in [-0.2, -0.15) is 0 Å². The molecule has 11 heteroatoms. The van der Waals surface area contributed by atoms with Crippen molar-refractivity contribution >= 4 is 68.2 Å². The summed E-state index contributed by atoms with van der Waals surface area (Å²) in [5.41, 5.74) is 1.49. The molecule has 0 saturated heterocycles. The van der Waals surface area contributed by atoms with Gasteiger partial charge in [0.1, 0.15) is 11.6 Å². The van der Waals surface area contributed by atoms with E-state index in [1.165, 1.54) is 25.4 Å². The van der Waals surface area contributed by atoms with E-state index in [1.807, 2.05) is 13.0 Å². The Hall–Kier alpha value is -2.49. The molecule has 1 heterocycles. The number of hydrogen-bond donors (Lipinski definition) is 3. The lowest BCUT2D eigenvalue weighted by Gasteiger charge is -2.17. The molecule has 0 aliphatic carbocycles. The Morgan fingerprint density at radius 1 is 1.03 bits per heavy atom. The molecule has 34 heavy (non-hydrogen) atoms. The fraction of sp³-hybridized carbons (Fsp3) is 0.174. The number of methoxy groups -OCH3 is 1. The molecule has 0 spiro atoms. The number of aromatic nitrogens is 1. The van der Waals surface area contributed by atoms with E-state index in [4.69, 9.17) is 38.6 Å². The molecule has 1 aromatic heterocycles. The second-order valence-corrected chi connectivity index (χ2v) is 8.85. The zero-order chi connectivity index (χ0) is 24.7. The zero-order valence-corrected chi connectivity index (χ0v) is 21.3. The number of benzene rings is 2. The van der Waals surface area contributed by atoms with Crippen molar-refractivity contribution in [2.45, 2.75) is 18.4 Å². The Kier molecular flexibility index (Phi) is 9.44. The SMILES string of the molecule is CCNCc1cccc(C(=O)Nc2c(OC)cc(Cl)cc2C(=O)Nc2ccc(Cl)cn2)c1SCl. The Morgan fingerprint density at radius 2 is 1.79 bits per heavy atom. The lowest BCUT2D eigenvalue weighted by molar-refractivity contribution is 0.102. The number of nitrogens with one attached hydrogen (secondary N) is 3. The Labute approximate surface area is 216 Å². The summed E-state index contributed by atoms with van der Waals surface area (Å²) in [4.78, 5) is 31.0. The van der Waals surface area contributed by atoms with Crippen LogP contribution in [-0.2, 0) is 6.54 Å². The van der Waals surface area contributed by atoms with Crippen LogP contribution in [0.3, 0.4) is 0 Å². The maximum atomic E-state index is 13.3. The van der Waals surface area contributed by atoms with Crippen molar-refractivity contribution in [3.8, 4) is 5.75 Å². The van der Waals surface area contributed by atoms with Gasteiger partial charge in [0.25, 0.3) is 11.8 Å². The quantitative estimate of drug-likeness (QED) is 0.297. The van der Waals surface area contributed by atoms with Crippen molar-refractivity contribution in [3.05, 3.63) is 75.4 Å².